The highest BCUT2D eigenvalue weighted by Gasteiger charge is 1.88. The lowest BCUT2D eigenvalue weighted by Crippen LogP contribution is -1.84. The summed E-state index contributed by atoms with van der Waals surface area (Å²) in [5, 5.41) is 3.79. The molecule has 4 heteroatoms. The lowest BCUT2D eigenvalue weighted by molar-refractivity contribution is 0.565. The van der Waals surface area contributed by atoms with E-state index in [0.29, 0.717) is 5.82 Å². The number of isocyanates is 1. The number of aryl methyl sites for hydroxylation is 1. The predicted octanol–water partition coefficient (Wildman–Crippen LogP) is 0.387. The van der Waals surface area contributed by atoms with Crippen molar-refractivity contribution in [1.29, 1.82) is 0 Å². The van der Waals surface area contributed by atoms with E-state index < -0.39 is 0 Å². The highest BCUT2D eigenvalue weighted by molar-refractivity contribution is 5.43. The average Bonchev–Trinajstić information content (AvgIpc) is 2.17. The lowest BCUT2D eigenvalue weighted by Gasteiger charge is -1.79. The quantitative estimate of drug-likeness (QED) is 0.400. The van der Waals surface area contributed by atoms with E-state index in [9.17, 15) is 4.79 Å². The minimum absolute atomic E-state index is 0.396. The molecule has 0 unspecified atom stereocenters. The molecule has 0 radical (unpaired) electrons. The van der Waals surface area contributed by atoms with Crippen LogP contribution in [0.15, 0.2) is 17.3 Å². The minimum atomic E-state index is 0.396. The SMILES string of the molecule is Cn1ccc(N=C=O)n1. The number of aliphatic imine (C=N–C) groups is 1. The molecule has 0 aliphatic rings. The molecule has 46 valence electrons. The fourth-order valence-corrected chi connectivity index (χ4v) is 0.509. The maximum absolute atomic E-state index is 9.64. The summed E-state index contributed by atoms with van der Waals surface area (Å²) in [6.07, 6.45) is 3.10. The number of aromatic nitrogens is 2. The maximum atomic E-state index is 9.64. The second kappa shape index (κ2) is 2.24. The molecule has 1 rings (SSSR count). The zero-order chi connectivity index (χ0) is 6.69. The van der Waals surface area contributed by atoms with Gasteiger partial charge in [-0.25, -0.2) is 4.79 Å². The molecular formula is C5H5N3O. The van der Waals surface area contributed by atoms with E-state index in [0.717, 1.165) is 0 Å². The number of rotatable bonds is 1. The first-order valence-corrected chi connectivity index (χ1v) is 2.40. The van der Waals surface area contributed by atoms with E-state index >= 15 is 0 Å². The van der Waals surface area contributed by atoms with Gasteiger partial charge in [0.2, 0.25) is 6.08 Å². The number of hydrogen-bond acceptors (Lipinski definition) is 3. The molecule has 0 N–H and O–H groups in total. The monoisotopic (exact) mass is 123 g/mol. The van der Waals surface area contributed by atoms with Crippen LogP contribution in [0.1, 0.15) is 0 Å². The van der Waals surface area contributed by atoms with E-state index in [1.54, 1.807) is 24.0 Å². The van der Waals surface area contributed by atoms with E-state index in [1.807, 2.05) is 0 Å². The van der Waals surface area contributed by atoms with Gasteiger partial charge in [-0.05, 0) is 0 Å². The largest absolute Gasteiger partial charge is 0.274 e. The summed E-state index contributed by atoms with van der Waals surface area (Å²) < 4.78 is 1.57. The summed E-state index contributed by atoms with van der Waals surface area (Å²) in [5.41, 5.74) is 0. The van der Waals surface area contributed by atoms with Crippen LogP contribution in [0.4, 0.5) is 5.82 Å². The summed E-state index contributed by atoms with van der Waals surface area (Å²) in [7, 11) is 1.75. The Labute approximate surface area is 51.8 Å². The molecule has 0 atom stereocenters. The van der Waals surface area contributed by atoms with Crippen molar-refractivity contribution in [3.8, 4) is 0 Å². The third-order valence-electron chi connectivity index (χ3n) is 0.860. The topological polar surface area (TPSA) is 47.2 Å². The van der Waals surface area contributed by atoms with Gasteiger partial charge in [0.15, 0.2) is 5.82 Å². The standard InChI is InChI=1S/C5H5N3O/c1-8-3-2-5(7-8)6-4-9/h2-3H,1H3. The summed E-state index contributed by atoms with van der Waals surface area (Å²) in [6, 6.07) is 1.63. The Balaban J connectivity index is 2.97. The molecule has 9 heavy (non-hydrogen) atoms. The first-order valence-electron chi connectivity index (χ1n) is 2.40. The Morgan fingerprint density at radius 1 is 1.89 bits per heavy atom. The molecular weight excluding hydrogens is 118 g/mol. The van der Waals surface area contributed by atoms with Gasteiger partial charge in [0.25, 0.3) is 0 Å². The third-order valence-corrected chi connectivity index (χ3v) is 0.860. The van der Waals surface area contributed by atoms with Crippen LogP contribution in [-0.4, -0.2) is 15.9 Å². The Bertz CT molecular complexity index is 246. The van der Waals surface area contributed by atoms with E-state index in [1.165, 1.54) is 6.08 Å². The van der Waals surface area contributed by atoms with Crippen LogP contribution in [0, 0.1) is 0 Å². The van der Waals surface area contributed by atoms with Crippen LogP contribution < -0.4 is 0 Å². The molecule has 4 nitrogen and oxygen atoms in total. The van der Waals surface area contributed by atoms with Crippen LogP contribution in [0.3, 0.4) is 0 Å². The second-order valence-corrected chi connectivity index (χ2v) is 1.55. The van der Waals surface area contributed by atoms with Crippen molar-refractivity contribution >= 4 is 11.9 Å². The van der Waals surface area contributed by atoms with Gasteiger partial charge in [-0.1, -0.05) is 0 Å². The average molecular weight is 123 g/mol. The maximum Gasteiger partial charge on any atom is 0.242 e. The normalized spacial score (nSPS) is 8.56. The van der Waals surface area contributed by atoms with Gasteiger partial charge in [-0.15, -0.1) is 4.99 Å². The summed E-state index contributed by atoms with van der Waals surface area (Å²) in [6.45, 7) is 0. The molecule has 0 saturated heterocycles. The third kappa shape index (κ3) is 1.24. The fraction of sp³-hybridized carbons (Fsp3) is 0.200. The Kier molecular flexibility index (Phi) is 1.42. The molecule has 0 saturated carbocycles. The molecule has 0 spiro atoms. The molecule has 0 fully saturated rings. The minimum Gasteiger partial charge on any atom is -0.274 e. The lowest BCUT2D eigenvalue weighted by atomic mass is 10.7. The van der Waals surface area contributed by atoms with Gasteiger partial charge in [0.1, 0.15) is 0 Å². The van der Waals surface area contributed by atoms with E-state index in [2.05, 4.69) is 10.1 Å². The van der Waals surface area contributed by atoms with Gasteiger partial charge in [-0.2, -0.15) is 5.10 Å². The van der Waals surface area contributed by atoms with Crippen molar-refractivity contribution in [1.82, 2.24) is 9.78 Å². The van der Waals surface area contributed by atoms with Crippen LogP contribution in [0.25, 0.3) is 0 Å². The second-order valence-electron chi connectivity index (χ2n) is 1.55. The molecule has 0 amide bonds. The summed E-state index contributed by atoms with van der Waals surface area (Å²) in [5.74, 6) is 0.396. The van der Waals surface area contributed by atoms with Gasteiger partial charge in [0, 0.05) is 19.3 Å². The Morgan fingerprint density at radius 3 is 3.11 bits per heavy atom. The van der Waals surface area contributed by atoms with Crippen molar-refractivity contribution in [3.63, 3.8) is 0 Å². The summed E-state index contributed by atoms with van der Waals surface area (Å²) in [4.78, 5) is 12.9. The highest BCUT2D eigenvalue weighted by atomic mass is 16.1. The molecule has 0 aliphatic heterocycles. The zero-order valence-corrected chi connectivity index (χ0v) is 4.90. The first kappa shape index (κ1) is 5.72. The van der Waals surface area contributed by atoms with Crippen molar-refractivity contribution in [2.75, 3.05) is 0 Å². The fourth-order valence-electron chi connectivity index (χ4n) is 0.509. The molecule has 0 bridgehead atoms. The van der Waals surface area contributed by atoms with Gasteiger partial charge in [-0.3, -0.25) is 4.68 Å². The molecule has 0 aromatic carbocycles. The van der Waals surface area contributed by atoms with Gasteiger partial charge in [0.05, 0.1) is 0 Å². The number of nitrogens with zero attached hydrogens (tertiary/aromatic N) is 3. The zero-order valence-electron chi connectivity index (χ0n) is 4.90. The highest BCUT2D eigenvalue weighted by Crippen LogP contribution is 2.02. The molecule has 0 aliphatic carbocycles. The van der Waals surface area contributed by atoms with E-state index in [-0.39, 0.29) is 0 Å². The number of carbonyl (C=O) groups excluding carboxylic acids is 1. The molecule has 1 aromatic rings. The van der Waals surface area contributed by atoms with Crippen molar-refractivity contribution in [2.24, 2.45) is 12.0 Å². The van der Waals surface area contributed by atoms with Gasteiger partial charge >= 0.3 is 0 Å². The van der Waals surface area contributed by atoms with Crippen LogP contribution in [0.2, 0.25) is 0 Å². The smallest absolute Gasteiger partial charge is 0.242 e. The molecule has 1 aromatic heterocycles. The Morgan fingerprint density at radius 2 is 2.67 bits per heavy atom. The predicted molar refractivity (Wildman–Crippen MR) is 31.0 cm³/mol. The summed E-state index contributed by atoms with van der Waals surface area (Å²) >= 11 is 0. The van der Waals surface area contributed by atoms with Crippen LogP contribution >= 0.6 is 0 Å². The van der Waals surface area contributed by atoms with E-state index in [4.69, 9.17) is 0 Å². The van der Waals surface area contributed by atoms with Crippen LogP contribution in [-0.2, 0) is 11.8 Å². The van der Waals surface area contributed by atoms with Gasteiger partial charge < -0.3 is 0 Å². The first-order chi connectivity index (χ1) is 4.33. The van der Waals surface area contributed by atoms with Crippen molar-refractivity contribution in [2.45, 2.75) is 0 Å². The van der Waals surface area contributed by atoms with Crippen LogP contribution in [0.5, 0.6) is 0 Å². The number of hydrogen-bond donors (Lipinski definition) is 0. The van der Waals surface area contributed by atoms with Crippen molar-refractivity contribution < 1.29 is 4.79 Å². The van der Waals surface area contributed by atoms with Crippen molar-refractivity contribution in [3.05, 3.63) is 12.3 Å². The molecule has 1 heterocycles. The Hall–Kier alpha value is -1.41.